The topological polar surface area (TPSA) is 90.7 Å². The van der Waals surface area contributed by atoms with Gasteiger partial charge in [0.1, 0.15) is 5.82 Å². The number of likely N-dealkylation sites (tertiary alicyclic amines) is 1. The van der Waals surface area contributed by atoms with Gasteiger partial charge in [-0.2, -0.15) is 0 Å². The second-order valence-corrected chi connectivity index (χ2v) is 8.52. The van der Waals surface area contributed by atoms with Crippen LogP contribution >= 0.6 is 0 Å². The lowest BCUT2D eigenvalue weighted by Gasteiger charge is -2.15. The number of hydrogen-bond acceptors (Lipinski definition) is 5. The van der Waals surface area contributed by atoms with Crippen LogP contribution in [0.4, 0.5) is 15.8 Å². The van der Waals surface area contributed by atoms with Crippen molar-refractivity contribution in [1.29, 1.82) is 0 Å². The Morgan fingerprint density at radius 1 is 1.35 bits per heavy atom. The number of halogens is 1. The van der Waals surface area contributed by atoms with Gasteiger partial charge in [0.15, 0.2) is 0 Å². The van der Waals surface area contributed by atoms with E-state index in [1.54, 1.807) is 11.0 Å². The first-order valence-electron chi connectivity index (χ1n) is 13.4. The van der Waals surface area contributed by atoms with Gasteiger partial charge in [-0.25, -0.2) is 4.39 Å². The van der Waals surface area contributed by atoms with Crippen molar-refractivity contribution in [2.45, 2.75) is 66.8 Å². The zero-order valence-corrected chi connectivity index (χ0v) is 24.2. The first-order valence-corrected chi connectivity index (χ1v) is 13.4. The quantitative estimate of drug-likeness (QED) is 0.159. The number of carbonyl (C=O) groups is 2. The van der Waals surface area contributed by atoms with Crippen molar-refractivity contribution in [2.75, 3.05) is 50.8 Å². The molecule has 2 atom stereocenters. The SMILES string of the molecule is C/C=C/CC.C=CC(C)NCCCN(C=O)CC.CC.CN1CCC(C(=O)Nc2ccc(N)cc2F)C1. The Bertz CT molecular complexity index is 773. The van der Waals surface area contributed by atoms with Crippen LogP contribution in [0.15, 0.2) is 43.0 Å². The maximum absolute atomic E-state index is 13.5. The lowest BCUT2D eigenvalue weighted by molar-refractivity contribution is -0.119. The predicted molar refractivity (Wildman–Crippen MR) is 157 cm³/mol. The molecule has 1 aliphatic rings. The number of rotatable bonds is 11. The number of anilines is 2. The summed E-state index contributed by atoms with van der Waals surface area (Å²) in [7, 11) is 1.97. The summed E-state index contributed by atoms with van der Waals surface area (Å²) in [4.78, 5) is 26.1. The summed E-state index contributed by atoms with van der Waals surface area (Å²) in [6, 6.07) is 4.61. The summed E-state index contributed by atoms with van der Waals surface area (Å²) in [5.41, 5.74) is 5.98. The van der Waals surface area contributed by atoms with Gasteiger partial charge < -0.3 is 26.2 Å². The molecule has 1 aromatic rings. The van der Waals surface area contributed by atoms with E-state index in [2.05, 4.69) is 48.1 Å². The van der Waals surface area contributed by atoms with E-state index in [1.807, 2.05) is 40.8 Å². The van der Waals surface area contributed by atoms with Crippen LogP contribution in [0.25, 0.3) is 0 Å². The molecule has 0 bridgehead atoms. The normalized spacial score (nSPS) is 15.2. The van der Waals surface area contributed by atoms with E-state index in [0.29, 0.717) is 11.7 Å². The van der Waals surface area contributed by atoms with Gasteiger partial charge in [-0.3, -0.25) is 9.59 Å². The van der Waals surface area contributed by atoms with Gasteiger partial charge in [0.2, 0.25) is 12.3 Å². The first-order chi connectivity index (χ1) is 17.7. The molecule has 2 unspecified atom stereocenters. The van der Waals surface area contributed by atoms with Crippen molar-refractivity contribution in [1.82, 2.24) is 15.1 Å². The van der Waals surface area contributed by atoms with Crippen LogP contribution in [0, 0.1) is 11.7 Å². The second kappa shape index (κ2) is 23.7. The molecule has 0 spiro atoms. The Morgan fingerprint density at radius 3 is 2.46 bits per heavy atom. The molecule has 1 heterocycles. The summed E-state index contributed by atoms with van der Waals surface area (Å²) in [5.74, 6) is -0.681. The third-order valence-corrected chi connectivity index (χ3v) is 5.48. The number of hydrogen-bond donors (Lipinski definition) is 3. The molecule has 37 heavy (non-hydrogen) atoms. The molecule has 1 fully saturated rings. The molecule has 1 aromatic carbocycles. The fourth-order valence-corrected chi connectivity index (χ4v) is 3.23. The Morgan fingerprint density at radius 2 is 2.03 bits per heavy atom. The molecule has 8 heteroatoms. The maximum atomic E-state index is 13.5. The Hall–Kier alpha value is -2.71. The molecule has 0 aliphatic carbocycles. The summed E-state index contributed by atoms with van der Waals surface area (Å²) < 4.78 is 13.5. The molecule has 2 rings (SSSR count). The highest BCUT2D eigenvalue weighted by Gasteiger charge is 2.26. The van der Waals surface area contributed by atoms with Crippen LogP contribution in [0.5, 0.6) is 0 Å². The predicted octanol–water partition coefficient (Wildman–Crippen LogP) is 5.32. The zero-order chi connectivity index (χ0) is 28.6. The number of carbonyl (C=O) groups excluding carboxylic acids is 2. The fraction of sp³-hybridized carbons (Fsp3) is 0.586. The first kappa shape index (κ1) is 36.4. The Balaban J connectivity index is 0. The van der Waals surface area contributed by atoms with Gasteiger partial charge in [-0.05, 0) is 78.4 Å². The smallest absolute Gasteiger partial charge is 0.228 e. The minimum absolute atomic E-state index is 0.0584. The fourth-order valence-electron chi connectivity index (χ4n) is 3.23. The van der Waals surface area contributed by atoms with Gasteiger partial charge in [-0.15, -0.1) is 6.58 Å². The summed E-state index contributed by atoms with van der Waals surface area (Å²) >= 11 is 0. The van der Waals surface area contributed by atoms with E-state index in [-0.39, 0.29) is 17.5 Å². The van der Waals surface area contributed by atoms with E-state index >= 15 is 0 Å². The average Bonchev–Trinajstić information content (AvgIpc) is 3.34. The summed E-state index contributed by atoms with van der Waals surface area (Å²) in [6.07, 6.45) is 9.93. The number of nitrogens with two attached hydrogens (primary N) is 1. The number of nitrogens with one attached hydrogen (secondary N) is 2. The monoisotopic (exact) mass is 521 g/mol. The van der Waals surface area contributed by atoms with Crippen LogP contribution in [0.2, 0.25) is 0 Å². The highest BCUT2D eigenvalue weighted by Crippen LogP contribution is 2.20. The molecule has 1 saturated heterocycles. The maximum Gasteiger partial charge on any atom is 0.228 e. The largest absolute Gasteiger partial charge is 0.399 e. The van der Waals surface area contributed by atoms with Crippen LogP contribution in [-0.4, -0.2) is 67.9 Å². The van der Waals surface area contributed by atoms with Crippen molar-refractivity contribution in [3.8, 4) is 0 Å². The Kier molecular flexibility index (Phi) is 23.3. The van der Waals surface area contributed by atoms with Crippen molar-refractivity contribution in [3.63, 3.8) is 0 Å². The molecule has 0 radical (unpaired) electrons. The van der Waals surface area contributed by atoms with E-state index in [4.69, 9.17) is 5.73 Å². The van der Waals surface area contributed by atoms with Gasteiger partial charge in [0.25, 0.3) is 0 Å². The van der Waals surface area contributed by atoms with E-state index in [0.717, 1.165) is 58.4 Å². The van der Waals surface area contributed by atoms with Gasteiger partial charge in [-0.1, -0.05) is 39.0 Å². The molecule has 212 valence electrons. The summed E-state index contributed by atoms with van der Waals surface area (Å²) in [5, 5.41) is 5.88. The van der Waals surface area contributed by atoms with E-state index in [9.17, 15) is 14.0 Å². The molecular weight excluding hydrogens is 469 g/mol. The number of benzene rings is 1. The van der Waals surface area contributed by atoms with Gasteiger partial charge in [0.05, 0.1) is 11.6 Å². The molecule has 0 aromatic heterocycles. The van der Waals surface area contributed by atoms with Gasteiger partial charge >= 0.3 is 0 Å². The van der Waals surface area contributed by atoms with Crippen LogP contribution in [-0.2, 0) is 9.59 Å². The van der Waals surface area contributed by atoms with E-state index < -0.39 is 5.82 Å². The number of amides is 2. The van der Waals surface area contributed by atoms with Crippen molar-refractivity contribution >= 4 is 23.7 Å². The molecule has 1 aliphatic heterocycles. The van der Waals surface area contributed by atoms with Crippen molar-refractivity contribution < 1.29 is 14.0 Å². The number of nitrogens with zero attached hydrogens (tertiary/aromatic N) is 2. The lowest BCUT2D eigenvalue weighted by Crippen LogP contribution is -2.29. The molecule has 2 amide bonds. The van der Waals surface area contributed by atoms with Crippen LogP contribution in [0.1, 0.15) is 60.8 Å². The van der Waals surface area contributed by atoms with Crippen molar-refractivity contribution in [3.05, 3.63) is 48.8 Å². The molecule has 0 saturated carbocycles. The number of nitrogen functional groups attached to an aromatic ring is 1. The minimum atomic E-state index is -0.496. The minimum Gasteiger partial charge on any atom is -0.399 e. The zero-order valence-electron chi connectivity index (χ0n) is 24.2. The highest BCUT2D eigenvalue weighted by atomic mass is 19.1. The van der Waals surface area contributed by atoms with E-state index in [1.165, 1.54) is 12.1 Å². The molecular formula is C29H52FN5O2. The van der Waals surface area contributed by atoms with Crippen LogP contribution < -0.4 is 16.4 Å². The lowest BCUT2D eigenvalue weighted by atomic mass is 10.1. The van der Waals surface area contributed by atoms with Crippen LogP contribution in [0.3, 0.4) is 0 Å². The Labute approximate surface area is 225 Å². The van der Waals surface area contributed by atoms with Crippen molar-refractivity contribution in [2.24, 2.45) is 5.92 Å². The standard InChI is InChI=1S/C12H16FN3O.C10H20N2O.C5H10.C2H6/c1-16-5-4-8(7-16)12(17)15-11-3-2-9(14)6-10(11)13;1-4-10(3)11-7-6-8-12(5-2)9-13;1-3-5-4-2;1-2/h2-3,6,8H,4-5,7,14H2,1H3,(H,15,17);4,9-11H,1,5-8H2,2-3H3;3,5H,4H2,1-2H3;1-2H3/b;;5-3+;. The number of allylic oxidation sites excluding steroid dienone is 2. The average molecular weight is 522 g/mol. The third kappa shape index (κ3) is 18.2. The van der Waals surface area contributed by atoms with Gasteiger partial charge in [0, 0.05) is 31.4 Å². The third-order valence-electron chi connectivity index (χ3n) is 5.48. The second-order valence-electron chi connectivity index (χ2n) is 8.52. The molecule has 7 nitrogen and oxygen atoms in total. The molecule has 4 N–H and O–H groups in total. The highest BCUT2D eigenvalue weighted by molar-refractivity contribution is 5.93. The summed E-state index contributed by atoms with van der Waals surface area (Å²) in [6.45, 7) is 20.1.